The maximum Gasteiger partial charge on any atom is 0.282 e. The van der Waals surface area contributed by atoms with Gasteiger partial charge in [-0.1, -0.05) is 6.07 Å². The molecule has 0 spiro atoms. The van der Waals surface area contributed by atoms with E-state index in [1.807, 2.05) is 37.3 Å². The molecule has 7 nitrogen and oxygen atoms in total. The third-order valence-corrected chi connectivity index (χ3v) is 6.22. The minimum absolute atomic E-state index is 0.0439. The highest BCUT2D eigenvalue weighted by Crippen LogP contribution is 2.29. The van der Waals surface area contributed by atoms with E-state index in [4.69, 9.17) is 14.2 Å². The van der Waals surface area contributed by atoms with Crippen molar-refractivity contribution in [1.82, 2.24) is 0 Å². The van der Waals surface area contributed by atoms with E-state index in [2.05, 4.69) is 18.3 Å². The molecular formula is C24H35N3O4+2. The molecule has 1 saturated heterocycles. The molecular weight excluding hydrogens is 394 g/mol. The van der Waals surface area contributed by atoms with E-state index in [1.165, 1.54) is 20.9 Å². The normalized spacial score (nSPS) is 19.4. The number of carbonyl (C=O) groups excluding carboxylic acids is 1. The Hall–Kier alpha value is -2.77. The van der Waals surface area contributed by atoms with E-state index >= 15 is 0 Å². The number of methoxy groups -OCH3 is 3. The fraction of sp³-hybridized carbons (Fsp3) is 0.458. The van der Waals surface area contributed by atoms with Crippen molar-refractivity contribution in [2.24, 2.45) is 0 Å². The van der Waals surface area contributed by atoms with Crippen molar-refractivity contribution in [2.75, 3.05) is 52.8 Å². The van der Waals surface area contributed by atoms with Gasteiger partial charge in [0.2, 0.25) is 0 Å². The van der Waals surface area contributed by atoms with Crippen LogP contribution in [0, 0.1) is 6.92 Å². The maximum atomic E-state index is 12.8. The van der Waals surface area contributed by atoms with Gasteiger partial charge in [-0.15, -0.1) is 0 Å². The van der Waals surface area contributed by atoms with Gasteiger partial charge < -0.3 is 29.3 Å². The summed E-state index contributed by atoms with van der Waals surface area (Å²) >= 11 is 0. The average Bonchev–Trinajstić information content (AvgIpc) is 2.80. The summed E-state index contributed by atoms with van der Waals surface area (Å²) in [7, 11) is 4.96. The molecule has 0 radical (unpaired) electrons. The lowest BCUT2D eigenvalue weighted by Crippen LogP contribution is -3.29. The Kier molecular flexibility index (Phi) is 7.76. The first-order valence-corrected chi connectivity index (χ1v) is 10.8. The number of benzene rings is 2. The van der Waals surface area contributed by atoms with Crippen molar-refractivity contribution in [3.63, 3.8) is 0 Å². The van der Waals surface area contributed by atoms with Crippen molar-refractivity contribution in [2.45, 2.75) is 26.4 Å². The molecule has 0 bridgehead atoms. The number of hydrogen-bond donors (Lipinski definition) is 3. The Balaban J connectivity index is 1.54. The second-order valence-electron chi connectivity index (χ2n) is 8.16. The summed E-state index contributed by atoms with van der Waals surface area (Å²) in [6.45, 7) is 9.06. The minimum atomic E-state index is -0.101. The first-order valence-electron chi connectivity index (χ1n) is 10.8. The predicted molar refractivity (Wildman–Crippen MR) is 120 cm³/mol. The van der Waals surface area contributed by atoms with E-state index < -0.39 is 0 Å². The van der Waals surface area contributed by atoms with Gasteiger partial charge in [-0.25, -0.2) is 0 Å². The summed E-state index contributed by atoms with van der Waals surface area (Å²) in [5, 5.41) is 3.02. The van der Waals surface area contributed by atoms with E-state index in [-0.39, 0.29) is 11.9 Å². The number of anilines is 1. The summed E-state index contributed by atoms with van der Waals surface area (Å²) in [6, 6.07) is 11.5. The monoisotopic (exact) mass is 429 g/mol. The van der Waals surface area contributed by atoms with Crippen LogP contribution in [-0.2, 0) is 11.3 Å². The zero-order chi connectivity index (χ0) is 22.4. The first-order chi connectivity index (χ1) is 14.9. The molecule has 1 aliphatic heterocycles. The molecule has 31 heavy (non-hydrogen) atoms. The standard InChI is InChI=1S/C24H33N3O4/c1-17-13-22(30-4)23(31-5)14-19(17)16-26-9-11-27(12-10-26)18(2)24(28)25-20-7-6-8-21(15-20)29-3/h6-8,13-15,18H,9-12,16H2,1-5H3,(H,25,28)/p+2/t18-/m1/s1. The van der Waals surface area contributed by atoms with Crippen LogP contribution in [0.5, 0.6) is 17.2 Å². The molecule has 1 atom stereocenters. The molecule has 0 aliphatic carbocycles. The van der Waals surface area contributed by atoms with Crippen LogP contribution in [0.15, 0.2) is 36.4 Å². The van der Waals surface area contributed by atoms with Gasteiger partial charge >= 0.3 is 0 Å². The number of amides is 1. The number of carbonyl (C=O) groups is 1. The van der Waals surface area contributed by atoms with Crippen molar-refractivity contribution in [3.8, 4) is 17.2 Å². The number of ether oxygens (including phenoxy) is 3. The minimum Gasteiger partial charge on any atom is -0.497 e. The molecule has 1 fully saturated rings. The fourth-order valence-corrected chi connectivity index (χ4v) is 4.15. The SMILES string of the molecule is COc1cccc(NC(=O)[C@@H](C)[NH+]2CC[NH+](Cc3cc(OC)c(OC)cc3C)CC2)c1. The number of rotatable bonds is 8. The van der Waals surface area contributed by atoms with Crippen LogP contribution in [-0.4, -0.2) is 59.5 Å². The number of aryl methyl sites for hydroxylation is 1. The van der Waals surface area contributed by atoms with Crippen molar-refractivity contribution < 1.29 is 28.8 Å². The molecule has 0 unspecified atom stereocenters. The van der Waals surface area contributed by atoms with Gasteiger partial charge in [0.1, 0.15) is 38.5 Å². The molecule has 0 aromatic heterocycles. The summed E-state index contributed by atoms with van der Waals surface area (Å²) in [5.41, 5.74) is 3.26. The van der Waals surface area contributed by atoms with E-state index in [9.17, 15) is 4.79 Å². The van der Waals surface area contributed by atoms with Gasteiger partial charge in [0.25, 0.3) is 5.91 Å². The molecule has 1 amide bonds. The highest BCUT2D eigenvalue weighted by molar-refractivity contribution is 5.93. The third kappa shape index (κ3) is 5.68. The zero-order valence-corrected chi connectivity index (χ0v) is 19.2. The first kappa shape index (κ1) is 22.9. The van der Waals surface area contributed by atoms with E-state index in [0.29, 0.717) is 0 Å². The number of piperazine rings is 1. The largest absolute Gasteiger partial charge is 0.497 e. The quantitative estimate of drug-likeness (QED) is 0.566. The highest BCUT2D eigenvalue weighted by Gasteiger charge is 2.31. The van der Waals surface area contributed by atoms with E-state index in [0.717, 1.165) is 55.7 Å². The molecule has 1 heterocycles. The summed E-state index contributed by atoms with van der Waals surface area (Å²) in [5.74, 6) is 2.32. The molecule has 7 heteroatoms. The number of quaternary nitrogens is 2. The van der Waals surface area contributed by atoms with E-state index in [1.54, 1.807) is 21.3 Å². The van der Waals surface area contributed by atoms with Crippen LogP contribution in [0.3, 0.4) is 0 Å². The van der Waals surface area contributed by atoms with Gasteiger partial charge in [0, 0.05) is 17.3 Å². The average molecular weight is 430 g/mol. The summed E-state index contributed by atoms with van der Waals surface area (Å²) in [6.07, 6.45) is 0. The van der Waals surface area contributed by atoms with Crippen LogP contribution in [0.4, 0.5) is 5.69 Å². The molecule has 2 aromatic carbocycles. The van der Waals surface area contributed by atoms with Crippen molar-refractivity contribution >= 4 is 11.6 Å². The Labute approximate surface area is 184 Å². The molecule has 3 N–H and O–H groups in total. The highest BCUT2D eigenvalue weighted by atomic mass is 16.5. The van der Waals surface area contributed by atoms with Gasteiger partial charge in [-0.05, 0) is 43.7 Å². The Morgan fingerprint density at radius 2 is 1.68 bits per heavy atom. The second kappa shape index (κ2) is 10.5. The van der Waals surface area contributed by atoms with Gasteiger partial charge in [-0.2, -0.15) is 0 Å². The summed E-state index contributed by atoms with van der Waals surface area (Å²) < 4.78 is 16.1. The predicted octanol–water partition coefficient (Wildman–Crippen LogP) is 0.331. The van der Waals surface area contributed by atoms with Crippen LogP contribution in [0.25, 0.3) is 0 Å². The second-order valence-corrected chi connectivity index (χ2v) is 8.16. The molecule has 2 aromatic rings. The van der Waals surface area contributed by atoms with Crippen molar-refractivity contribution in [1.29, 1.82) is 0 Å². The van der Waals surface area contributed by atoms with Crippen molar-refractivity contribution in [3.05, 3.63) is 47.5 Å². The van der Waals surface area contributed by atoms with Gasteiger partial charge in [0.05, 0.1) is 21.3 Å². The lowest BCUT2D eigenvalue weighted by molar-refractivity contribution is -1.02. The lowest BCUT2D eigenvalue weighted by atomic mass is 10.1. The Morgan fingerprint density at radius 1 is 1.00 bits per heavy atom. The van der Waals surface area contributed by atoms with Gasteiger partial charge in [0.15, 0.2) is 17.5 Å². The zero-order valence-electron chi connectivity index (χ0n) is 19.2. The Bertz CT molecular complexity index is 894. The Morgan fingerprint density at radius 3 is 2.32 bits per heavy atom. The number of nitrogens with one attached hydrogen (secondary N) is 3. The number of hydrogen-bond acceptors (Lipinski definition) is 4. The lowest BCUT2D eigenvalue weighted by Gasteiger charge is -2.33. The van der Waals surface area contributed by atoms with Crippen LogP contribution < -0.4 is 29.3 Å². The smallest absolute Gasteiger partial charge is 0.282 e. The molecule has 168 valence electrons. The third-order valence-electron chi connectivity index (χ3n) is 6.22. The molecule has 3 rings (SSSR count). The molecule has 0 saturated carbocycles. The van der Waals surface area contributed by atoms with Crippen LogP contribution >= 0.6 is 0 Å². The fourth-order valence-electron chi connectivity index (χ4n) is 4.15. The topological polar surface area (TPSA) is 65.7 Å². The van der Waals surface area contributed by atoms with Crippen LogP contribution in [0.1, 0.15) is 18.1 Å². The molecule has 1 aliphatic rings. The summed E-state index contributed by atoms with van der Waals surface area (Å²) in [4.78, 5) is 15.6. The van der Waals surface area contributed by atoms with Crippen LogP contribution in [0.2, 0.25) is 0 Å². The van der Waals surface area contributed by atoms with Gasteiger partial charge in [-0.3, -0.25) is 4.79 Å². The maximum absolute atomic E-state index is 12.8.